The summed E-state index contributed by atoms with van der Waals surface area (Å²) >= 11 is 6.39. The molecule has 0 atom stereocenters. The normalized spacial score (nSPS) is 14.1. The van der Waals surface area contributed by atoms with Crippen LogP contribution in [0.5, 0.6) is 0 Å². The summed E-state index contributed by atoms with van der Waals surface area (Å²) in [5, 5.41) is 4.39. The van der Waals surface area contributed by atoms with Gasteiger partial charge in [0.15, 0.2) is 0 Å². The number of rotatable bonds is 4. The van der Waals surface area contributed by atoms with E-state index < -0.39 is 5.76 Å². The lowest BCUT2D eigenvalue weighted by atomic mass is 10.0. The molecule has 0 spiro atoms. The quantitative estimate of drug-likeness (QED) is 0.795. The molecule has 2 heterocycles. The van der Waals surface area contributed by atoms with E-state index in [-0.39, 0.29) is 5.82 Å². The number of H-pyrrole nitrogens is 1. The predicted molar refractivity (Wildman–Crippen MR) is 85.0 cm³/mol. The van der Waals surface area contributed by atoms with Gasteiger partial charge in [0.05, 0.1) is 5.69 Å². The number of nitrogens with one attached hydrogen (secondary N) is 1. The molecule has 0 bridgehead atoms. The first-order chi connectivity index (χ1) is 11.2. The Bertz CT molecular complexity index is 914. The third kappa shape index (κ3) is 3.03. The molecular formula is C16H13ClN4O2. The van der Waals surface area contributed by atoms with Crippen LogP contribution in [0.4, 0.5) is 0 Å². The Labute approximate surface area is 136 Å². The second-order valence-electron chi connectivity index (χ2n) is 5.69. The van der Waals surface area contributed by atoms with Crippen LogP contribution < -0.4 is 5.76 Å². The summed E-state index contributed by atoms with van der Waals surface area (Å²) in [6.45, 7) is 0. The molecule has 2 aromatic heterocycles. The average molecular weight is 329 g/mol. The monoisotopic (exact) mass is 328 g/mol. The lowest BCUT2D eigenvalue weighted by molar-refractivity contribution is 0.387. The Hall–Kier alpha value is -2.47. The van der Waals surface area contributed by atoms with Crippen molar-refractivity contribution in [1.29, 1.82) is 0 Å². The molecule has 1 aromatic carbocycles. The zero-order valence-electron chi connectivity index (χ0n) is 12.1. The molecule has 0 saturated heterocycles. The number of aromatic amines is 1. The van der Waals surface area contributed by atoms with Gasteiger partial charge < -0.3 is 0 Å². The van der Waals surface area contributed by atoms with Crippen LogP contribution in [-0.4, -0.2) is 20.1 Å². The minimum absolute atomic E-state index is 0.273. The summed E-state index contributed by atoms with van der Waals surface area (Å²) in [5.74, 6) is 0.440. The zero-order chi connectivity index (χ0) is 15.8. The SMILES string of the molecule is O=c1[nH]c(-c2cc(-c3ccc(CC4CC4)c(Cl)c3)ncn2)no1. The van der Waals surface area contributed by atoms with E-state index in [1.165, 1.54) is 24.7 Å². The van der Waals surface area contributed by atoms with Crippen molar-refractivity contribution in [3.05, 3.63) is 51.7 Å². The summed E-state index contributed by atoms with van der Waals surface area (Å²) in [4.78, 5) is 21.9. The molecule has 4 rings (SSSR count). The van der Waals surface area contributed by atoms with Gasteiger partial charge in [-0.05, 0) is 42.9 Å². The Kier molecular flexibility index (Phi) is 3.46. The molecule has 3 aromatic rings. The molecule has 0 unspecified atom stereocenters. The van der Waals surface area contributed by atoms with Crippen LogP contribution in [0.1, 0.15) is 18.4 Å². The summed E-state index contributed by atoms with van der Waals surface area (Å²) < 4.78 is 4.50. The van der Waals surface area contributed by atoms with Crippen LogP contribution in [0.15, 0.2) is 39.9 Å². The summed E-state index contributed by atoms with van der Waals surface area (Å²) in [6, 6.07) is 7.70. The van der Waals surface area contributed by atoms with Gasteiger partial charge in [-0.1, -0.05) is 28.9 Å². The third-order valence-electron chi connectivity index (χ3n) is 3.90. The summed E-state index contributed by atoms with van der Waals surface area (Å²) in [6.07, 6.45) is 5.05. The van der Waals surface area contributed by atoms with Crippen LogP contribution in [0.25, 0.3) is 22.8 Å². The van der Waals surface area contributed by atoms with Gasteiger partial charge in [0.2, 0.25) is 5.82 Å². The van der Waals surface area contributed by atoms with Crippen molar-refractivity contribution < 1.29 is 4.52 Å². The smallest absolute Gasteiger partial charge is 0.296 e. The van der Waals surface area contributed by atoms with Gasteiger partial charge in [0.1, 0.15) is 12.0 Å². The highest BCUT2D eigenvalue weighted by Crippen LogP contribution is 2.35. The lowest BCUT2D eigenvalue weighted by Gasteiger charge is -2.07. The van der Waals surface area contributed by atoms with E-state index in [9.17, 15) is 4.79 Å². The first kappa shape index (κ1) is 14.1. The Balaban J connectivity index is 1.67. The maximum atomic E-state index is 11.0. The first-order valence-corrected chi connectivity index (χ1v) is 7.74. The Morgan fingerprint density at radius 3 is 2.74 bits per heavy atom. The van der Waals surface area contributed by atoms with E-state index in [0.717, 1.165) is 22.9 Å². The fourth-order valence-corrected chi connectivity index (χ4v) is 2.75. The van der Waals surface area contributed by atoms with Crippen LogP contribution >= 0.6 is 11.6 Å². The largest absolute Gasteiger partial charge is 0.439 e. The fraction of sp³-hybridized carbons (Fsp3) is 0.250. The van der Waals surface area contributed by atoms with Gasteiger partial charge in [-0.3, -0.25) is 9.51 Å². The fourth-order valence-electron chi connectivity index (χ4n) is 2.49. The van der Waals surface area contributed by atoms with Crippen LogP contribution in [0.3, 0.4) is 0 Å². The van der Waals surface area contributed by atoms with E-state index in [2.05, 4.69) is 30.7 Å². The Morgan fingerprint density at radius 1 is 1.22 bits per heavy atom. The summed E-state index contributed by atoms with van der Waals surface area (Å²) in [5.41, 5.74) is 3.26. The Morgan fingerprint density at radius 2 is 2.04 bits per heavy atom. The van der Waals surface area contributed by atoms with Crippen molar-refractivity contribution in [3.63, 3.8) is 0 Å². The summed E-state index contributed by atoms with van der Waals surface area (Å²) in [7, 11) is 0. The van der Waals surface area contributed by atoms with Crippen molar-refractivity contribution in [3.8, 4) is 22.8 Å². The highest BCUT2D eigenvalue weighted by Gasteiger charge is 2.22. The van der Waals surface area contributed by atoms with E-state index in [1.54, 1.807) is 6.07 Å². The zero-order valence-corrected chi connectivity index (χ0v) is 12.9. The van der Waals surface area contributed by atoms with Gasteiger partial charge >= 0.3 is 5.76 Å². The lowest BCUT2D eigenvalue weighted by Crippen LogP contribution is -1.96. The topological polar surface area (TPSA) is 84.7 Å². The number of hydrogen-bond donors (Lipinski definition) is 1. The molecule has 1 N–H and O–H groups in total. The maximum absolute atomic E-state index is 11.0. The third-order valence-corrected chi connectivity index (χ3v) is 4.26. The van der Waals surface area contributed by atoms with Crippen molar-refractivity contribution in [2.45, 2.75) is 19.3 Å². The first-order valence-electron chi connectivity index (χ1n) is 7.36. The minimum Gasteiger partial charge on any atom is -0.296 e. The molecule has 23 heavy (non-hydrogen) atoms. The molecule has 1 fully saturated rings. The van der Waals surface area contributed by atoms with Crippen molar-refractivity contribution in [1.82, 2.24) is 20.1 Å². The number of hydrogen-bond acceptors (Lipinski definition) is 5. The van der Waals surface area contributed by atoms with Gasteiger partial charge in [-0.2, -0.15) is 0 Å². The highest BCUT2D eigenvalue weighted by molar-refractivity contribution is 6.31. The van der Waals surface area contributed by atoms with Crippen LogP contribution in [-0.2, 0) is 6.42 Å². The number of aromatic nitrogens is 4. The van der Waals surface area contributed by atoms with E-state index in [1.807, 2.05) is 12.1 Å². The van der Waals surface area contributed by atoms with Crippen molar-refractivity contribution in [2.75, 3.05) is 0 Å². The number of halogens is 1. The number of benzene rings is 1. The molecule has 0 amide bonds. The molecule has 7 heteroatoms. The second kappa shape index (κ2) is 5.62. The standard InChI is InChI=1S/C16H13ClN4O2/c17-12-6-11(4-3-10(12)5-9-1-2-9)13-7-14(19-8-18-13)15-20-16(22)23-21-15/h3-4,6-9H,1-2,5H2,(H,20,21,22). The molecular weight excluding hydrogens is 316 g/mol. The molecule has 1 aliphatic rings. The van der Waals surface area contributed by atoms with Gasteiger partial charge in [-0.15, -0.1) is 0 Å². The molecule has 116 valence electrons. The maximum Gasteiger partial charge on any atom is 0.439 e. The highest BCUT2D eigenvalue weighted by atomic mass is 35.5. The molecule has 1 aliphatic carbocycles. The minimum atomic E-state index is -0.618. The van der Waals surface area contributed by atoms with Crippen molar-refractivity contribution in [2.24, 2.45) is 5.92 Å². The average Bonchev–Trinajstić information content (AvgIpc) is 3.28. The predicted octanol–water partition coefficient (Wildman–Crippen LogP) is 3.09. The number of nitrogens with zero attached hydrogens (tertiary/aromatic N) is 3. The van der Waals surface area contributed by atoms with E-state index in [0.29, 0.717) is 11.4 Å². The molecule has 6 nitrogen and oxygen atoms in total. The van der Waals surface area contributed by atoms with Crippen molar-refractivity contribution >= 4 is 11.6 Å². The van der Waals surface area contributed by atoms with Gasteiger partial charge in [0.25, 0.3) is 0 Å². The van der Waals surface area contributed by atoms with Crippen LogP contribution in [0, 0.1) is 5.92 Å². The molecule has 0 radical (unpaired) electrons. The molecule has 0 aliphatic heterocycles. The van der Waals surface area contributed by atoms with Gasteiger partial charge in [0, 0.05) is 10.6 Å². The van der Waals surface area contributed by atoms with Crippen LogP contribution in [0.2, 0.25) is 5.02 Å². The molecule has 1 saturated carbocycles. The second-order valence-corrected chi connectivity index (χ2v) is 6.09. The van der Waals surface area contributed by atoms with Gasteiger partial charge in [-0.25, -0.2) is 14.8 Å². The van der Waals surface area contributed by atoms with E-state index in [4.69, 9.17) is 11.6 Å². The van der Waals surface area contributed by atoms with E-state index >= 15 is 0 Å².